The zero-order valence-electron chi connectivity index (χ0n) is 32.3. The van der Waals surface area contributed by atoms with Crippen LogP contribution in [0.2, 0.25) is 0 Å². The molecular formula is C42H74NO7P. The fraction of sp³-hybridized carbons (Fsp3) is 0.690. The van der Waals surface area contributed by atoms with Crippen molar-refractivity contribution in [2.75, 3.05) is 33.0 Å². The van der Waals surface area contributed by atoms with Gasteiger partial charge in [0.1, 0.15) is 6.10 Å². The third kappa shape index (κ3) is 39.0. The predicted molar refractivity (Wildman–Crippen MR) is 215 cm³/mol. The van der Waals surface area contributed by atoms with Crippen molar-refractivity contribution in [1.29, 1.82) is 0 Å². The molecule has 0 aromatic rings. The Kier molecular flexibility index (Phi) is 37.6. The van der Waals surface area contributed by atoms with E-state index in [2.05, 4.69) is 86.8 Å². The second kappa shape index (κ2) is 39.2. The molecule has 0 aromatic heterocycles. The van der Waals surface area contributed by atoms with E-state index < -0.39 is 13.9 Å². The van der Waals surface area contributed by atoms with Gasteiger partial charge in [-0.15, -0.1) is 0 Å². The largest absolute Gasteiger partial charge is 0.472 e. The lowest BCUT2D eigenvalue weighted by atomic mass is 10.1. The molecule has 0 saturated carbocycles. The number of esters is 1. The van der Waals surface area contributed by atoms with Crippen LogP contribution in [-0.2, 0) is 27.9 Å². The minimum atomic E-state index is -4.29. The average molecular weight is 736 g/mol. The van der Waals surface area contributed by atoms with Crippen molar-refractivity contribution in [3.05, 3.63) is 72.9 Å². The molecule has 3 N–H and O–H groups in total. The summed E-state index contributed by atoms with van der Waals surface area (Å²) in [5, 5.41) is 0. The molecule has 51 heavy (non-hydrogen) atoms. The van der Waals surface area contributed by atoms with Crippen molar-refractivity contribution in [3.8, 4) is 0 Å². The van der Waals surface area contributed by atoms with Crippen molar-refractivity contribution in [2.45, 2.75) is 155 Å². The number of phosphoric ester groups is 1. The third-order valence-corrected chi connectivity index (χ3v) is 8.84. The minimum Gasteiger partial charge on any atom is -0.457 e. The van der Waals surface area contributed by atoms with Gasteiger partial charge in [0.05, 0.1) is 19.8 Å². The van der Waals surface area contributed by atoms with E-state index >= 15 is 0 Å². The van der Waals surface area contributed by atoms with Crippen LogP contribution >= 0.6 is 7.82 Å². The maximum atomic E-state index is 12.5. The quantitative estimate of drug-likeness (QED) is 0.0280. The zero-order chi connectivity index (χ0) is 37.4. The summed E-state index contributed by atoms with van der Waals surface area (Å²) in [6.07, 6.45) is 47.7. The first-order valence-corrected chi connectivity index (χ1v) is 21.4. The fourth-order valence-electron chi connectivity index (χ4n) is 4.94. The average Bonchev–Trinajstić information content (AvgIpc) is 3.12. The Morgan fingerprint density at radius 1 is 0.608 bits per heavy atom. The molecule has 2 atom stereocenters. The van der Waals surface area contributed by atoms with E-state index in [0.717, 1.165) is 96.3 Å². The fourth-order valence-corrected chi connectivity index (χ4v) is 5.71. The highest BCUT2D eigenvalue weighted by atomic mass is 31.2. The van der Waals surface area contributed by atoms with E-state index in [1.807, 2.05) is 0 Å². The highest BCUT2D eigenvalue weighted by Gasteiger charge is 2.25. The maximum absolute atomic E-state index is 12.5. The van der Waals surface area contributed by atoms with Crippen LogP contribution in [0.3, 0.4) is 0 Å². The monoisotopic (exact) mass is 736 g/mol. The minimum absolute atomic E-state index is 0.0906. The van der Waals surface area contributed by atoms with Crippen LogP contribution in [0.15, 0.2) is 72.9 Å². The Bertz CT molecular complexity index is 1010. The summed E-state index contributed by atoms with van der Waals surface area (Å²) >= 11 is 0. The Hall–Kier alpha value is -2.06. The Morgan fingerprint density at radius 3 is 1.65 bits per heavy atom. The molecule has 9 heteroatoms. The second-order valence-electron chi connectivity index (χ2n) is 12.8. The molecule has 0 bridgehead atoms. The number of carbonyl (C=O) groups is 1. The van der Waals surface area contributed by atoms with Crippen LogP contribution < -0.4 is 5.73 Å². The van der Waals surface area contributed by atoms with Crippen LogP contribution in [-0.4, -0.2) is 49.9 Å². The van der Waals surface area contributed by atoms with E-state index in [0.29, 0.717) is 13.0 Å². The van der Waals surface area contributed by atoms with Gasteiger partial charge >= 0.3 is 13.8 Å². The number of nitrogens with two attached hydrogens (primary N) is 1. The number of ether oxygens (including phenoxy) is 2. The van der Waals surface area contributed by atoms with Crippen LogP contribution in [0, 0.1) is 0 Å². The number of unbranched alkanes of at least 4 members (excludes halogenated alkanes) is 12. The van der Waals surface area contributed by atoms with E-state index in [9.17, 15) is 14.3 Å². The molecule has 294 valence electrons. The molecule has 0 spiro atoms. The molecule has 0 saturated heterocycles. The number of hydrogen-bond acceptors (Lipinski definition) is 7. The number of hydrogen-bond donors (Lipinski definition) is 2. The second-order valence-corrected chi connectivity index (χ2v) is 14.2. The maximum Gasteiger partial charge on any atom is 0.472 e. The van der Waals surface area contributed by atoms with Crippen molar-refractivity contribution < 1.29 is 32.8 Å². The molecular weight excluding hydrogens is 661 g/mol. The van der Waals surface area contributed by atoms with Gasteiger partial charge in [0.25, 0.3) is 0 Å². The summed E-state index contributed by atoms with van der Waals surface area (Å²) in [7, 11) is -4.29. The smallest absolute Gasteiger partial charge is 0.457 e. The van der Waals surface area contributed by atoms with Crippen LogP contribution in [0.5, 0.6) is 0 Å². The molecule has 0 aliphatic carbocycles. The first-order valence-electron chi connectivity index (χ1n) is 19.9. The van der Waals surface area contributed by atoms with Gasteiger partial charge in [-0.05, 0) is 77.0 Å². The Labute approximate surface area is 312 Å². The molecule has 0 aliphatic rings. The molecule has 0 fully saturated rings. The standard InChI is InChI=1S/C42H74NO7P/c1-3-5-7-9-11-13-15-17-19-20-21-22-24-26-28-30-32-34-37-47-39-41(40-49-51(45,46)48-38-36-43)50-42(44)35-33-31-29-27-25-23-18-16-14-12-10-8-6-4-2/h5,7,10-13,16-19,21-22,41H,3-4,6,8-9,14-15,20,23-40,43H2,1-2H3,(H,45,46)/b7-5-,12-10-,13-11-,18-16-,19-17-,22-21-. The van der Waals surface area contributed by atoms with Gasteiger partial charge in [-0.3, -0.25) is 13.8 Å². The lowest BCUT2D eigenvalue weighted by molar-refractivity contribution is -0.154. The molecule has 0 aromatic carbocycles. The predicted octanol–water partition coefficient (Wildman–Crippen LogP) is 11.6. The SMILES string of the molecule is CC/C=C\C/C=C\C/C=C\C/C=C\CCCCCCCOCC(COP(=O)(O)OCCN)OC(=O)CCCCCCC/C=C\C/C=C\CCCC. The van der Waals surface area contributed by atoms with E-state index in [1.54, 1.807) is 0 Å². The van der Waals surface area contributed by atoms with Crippen molar-refractivity contribution in [1.82, 2.24) is 0 Å². The summed E-state index contributed by atoms with van der Waals surface area (Å²) in [5.74, 6) is -0.356. The summed E-state index contributed by atoms with van der Waals surface area (Å²) in [6, 6.07) is 0. The molecule has 8 nitrogen and oxygen atoms in total. The highest BCUT2D eigenvalue weighted by molar-refractivity contribution is 7.47. The van der Waals surface area contributed by atoms with Gasteiger partial charge in [-0.2, -0.15) is 0 Å². The van der Waals surface area contributed by atoms with E-state index in [4.69, 9.17) is 24.3 Å². The summed E-state index contributed by atoms with van der Waals surface area (Å²) in [5.41, 5.74) is 5.36. The van der Waals surface area contributed by atoms with Gasteiger partial charge in [0.15, 0.2) is 0 Å². The van der Waals surface area contributed by atoms with Crippen molar-refractivity contribution in [3.63, 3.8) is 0 Å². The number of carbonyl (C=O) groups excluding carboxylic acids is 1. The van der Waals surface area contributed by atoms with Gasteiger partial charge in [-0.1, -0.05) is 138 Å². The molecule has 0 amide bonds. The van der Waals surface area contributed by atoms with Gasteiger partial charge in [-0.25, -0.2) is 4.57 Å². The highest BCUT2D eigenvalue weighted by Crippen LogP contribution is 2.43. The topological polar surface area (TPSA) is 117 Å². The molecule has 0 radical (unpaired) electrons. The summed E-state index contributed by atoms with van der Waals surface area (Å²) in [6.45, 7) is 4.68. The van der Waals surface area contributed by atoms with Crippen LogP contribution in [0.1, 0.15) is 149 Å². The number of allylic oxidation sites excluding steroid dienone is 12. The lowest BCUT2D eigenvalue weighted by Gasteiger charge is -2.20. The van der Waals surface area contributed by atoms with Gasteiger partial charge in [0.2, 0.25) is 0 Å². The summed E-state index contributed by atoms with van der Waals surface area (Å²) in [4.78, 5) is 22.4. The molecule has 2 unspecified atom stereocenters. The van der Waals surface area contributed by atoms with Gasteiger partial charge in [0, 0.05) is 19.6 Å². The van der Waals surface area contributed by atoms with Crippen molar-refractivity contribution in [2.24, 2.45) is 5.73 Å². The van der Waals surface area contributed by atoms with Crippen LogP contribution in [0.4, 0.5) is 0 Å². The first-order chi connectivity index (χ1) is 24.9. The van der Waals surface area contributed by atoms with Crippen molar-refractivity contribution >= 4 is 13.8 Å². The normalized spacial score (nSPS) is 14.4. The molecule has 0 rings (SSSR count). The Balaban J connectivity index is 4.15. The Morgan fingerprint density at radius 2 is 1.10 bits per heavy atom. The molecule has 0 heterocycles. The first kappa shape index (κ1) is 48.9. The lowest BCUT2D eigenvalue weighted by Crippen LogP contribution is -2.28. The van der Waals surface area contributed by atoms with Gasteiger partial charge < -0.3 is 20.1 Å². The van der Waals surface area contributed by atoms with E-state index in [1.165, 1.54) is 32.1 Å². The number of rotatable bonds is 37. The molecule has 0 aliphatic heterocycles. The van der Waals surface area contributed by atoms with Crippen LogP contribution in [0.25, 0.3) is 0 Å². The summed E-state index contributed by atoms with van der Waals surface area (Å²) < 4.78 is 33.3. The zero-order valence-corrected chi connectivity index (χ0v) is 33.2. The number of phosphoric acid groups is 1. The van der Waals surface area contributed by atoms with E-state index in [-0.39, 0.29) is 32.3 Å². The third-order valence-electron chi connectivity index (χ3n) is 7.86.